The molecule has 1 aliphatic rings. The molecule has 2 N–H and O–H groups in total. The van der Waals surface area contributed by atoms with Gasteiger partial charge in [0.05, 0.1) is 6.10 Å². The molecular weight excluding hydrogens is 297 g/mol. The van der Waals surface area contributed by atoms with Crippen LogP contribution in [0.4, 0.5) is 0 Å². The van der Waals surface area contributed by atoms with Crippen LogP contribution in [0.2, 0.25) is 10.0 Å². The second-order valence-corrected chi connectivity index (χ2v) is 5.86. The van der Waals surface area contributed by atoms with E-state index in [0.29, 0.717) is 10.0 Å². The maximum Gasteiger partial charge on any atom is 0.244 e. The summed E-state index contributed by atoms with van der Waals surface area (Å²) in [6.45, 7) is 0. The molecule has 0 heterocycles. The van der Waals surface area contributed by atoms with Gasteiger partial charge in [0.15, 0.2) is 0 Å². The molecule has 5 heteroatoms. The van der Waals surface area contributed by atoms with Crippen molar-refractivity contribution < 1.29 is 9.90 Å². The van der Waals surface area contributed by atoms with Crippen molar-refractivity contribution in [3.63, 3.8) is 0 Å². The minimum Gasteiger partial charge on any atom is -0.393 e. The summed E-state index contributed by atoms with van der Waals surface area (Å²) in [6, 6.07) is 5.29. The summed E-state index contributed by atoms with van der Waals surface area (Å²) in [5.74, 6) is -0.141. The Morgan fingerprint density at radius 2 is 1.95 bits per heavy atom. The molecule has 20 heavy (non-hydrogen) atoms. The van der Waals surface area contributed by atoms with Crippen LogP contribution in [0, 0.1) is 0 Å². The van der Waals surface area contributed by atoms with Gasteiger partial charge in [0.2, 0.25) is 5.91 Å². The Morgan fingerprint density at radius 1 is 1.25 bits per heavy atom. The largest absolute Gasteiger partial charge is 0.393 e. The lowest BCUT2D eigenvalue weighted by Crippen LogP contribution is -2.37. The molecule has 1 amide bonds. The third-order valence-corrected chi connectivity index (χ3v) is 3.98. The van der Waals surface area contributed by atoms with E-state index < -0.39 is 0 Å². The molecule has 1 aliphatic carbocycles. The molecule has 0 saturated heterocycles. The van der Waals surface area contributed by atoms with E-state index in [1.165, 1.54) is 6.08 Å². The summed E-state index contributed by atoms with van der Waals surface area (Å²) in [7, 11) is 0. The summed E-state index contributed by atoms with van der Waals surface area (Å²) in [6.07, 6.45) is 6.07. The molecule has 3 nitrogen and oxygen atoms in total. The lowest BCUT2D eigenvalue weighted by molar-refractivity contribution is -0.117. The summed E-state index contributed by atoms with van der Waals surface area (Å²) in [5.41, 5.74) is 0.755. The van der Waals surface area contributed by atoms with Crippen LogP contribution in [0.1, 0.15) is 31.2 Å². The first-order valence-electron chi connectivity index (χ1n) is 6.66. The van der Waals surface area contributed by atoms with Crippen LogP contribution in [0.3, 0.4) is 0 Å². The van der Waals surface area contributed by atoms with Gasteiger partial charge in [-0.25, -0.2) is 0 Å². The average Bonchev–Trinajstić information content (AvgIpc) is 2.40. The third kappa shape index (κ3) is 4.51. The first kappa shape index (κ1) is 15.4. The Bertz CT molecular complexity index is 509. The monoisotopic (exact) mass is 313 g/mol. The Hall–Kier alpha value is -1.03. The molecule has 1 aromatic carbocycles. The Labute approximate surface area is 128 Å². The fraction of sp³-hybridized carbons (Fsp3) is 0.400. The maximum atomic E-state index is 11.8. The van der Waals surface area contributed by atoms with E-state index in [1.807, 2.05) is 0 Å². The zero-order chi connectivity index (χ0) is 14.5. The molecule has 0 radical (unpaired) electrons. The number of carbonyl (C=O) groups excluding carboxylic acids is 1. The second-order valence-electron chi connectivity index (χ2n) is 5.01. The molecule has 0 atom stereocenters. The first-order valence-corrected chi connectivity index (χ1v) is 7.42. The van der Waals surface area contributed by atoms with Gasteiger partial charge < -0.3 is 10.4 Å². The molecule has 0 aromatic heterocycles. The van der Waals surface area contributed by atoms with Crippen molar-refractivity contribution in [1.82, 2.24) is 5.32 Å². The van der Waals surface area contributed by atoms with Gasteiger partial charge in [0, 0.05) is 22.2 Å². The van der Waals surface area contributed by atoms with Crippen LogP contribution in [0.5, 0.6) is 0 Å². The highest BCUT2D eigenvalue weighted by molar-refractivity contribution is 6.35. The number of halogens is 2. The van der Waals surface area contributed by atoms with Gasteiger partial charge >= 0.3 is 0 Å². The van der Waals surface area contributed by atoms with Crippen molar-refractivity contribution in [3.8, 4) is 0 Å². The van der Waals surface area contributed by atoms with Gasteiger partial charge in [0.25, 0.3) is 0 Å². The topological polar surface area (TPSA) is 49.3 Å². The zero-order valence-corrected chi connectivity index (χ0v) is 12.5. The van der Waals surface area contributed by atoms with Gasteiger partial charge in [-0.1, -0.05) is 29.3 Å². The minimum absolute atomic E-state index is 0.141. The van der Waals surface area contributed by atoms with Crippen molar-refractivity contribution in [3.05, 3.63) is 39.9 Å². The van der Waals surface area contributed by atoms with Crippen molar-refractivity contribution in [1.29, 1.82) is 0 Å². The quantitative estimate of drug-likeness (QED) is 0.840. The van der Waals surface area contributed by atoms with Gasteiger partial charge in [0.1, 0.15) is 0 Å². The van der Waals surface area contributed by atoms with Crippen LogP contribution in [0.25, 0.3) is 6.08 Å². The van der Waals surface area contributed by atoms with Crippen LogP contribution in [-0.4, -0.2) is 23.2 Å². The summed E-state index contributed by atoms with van der Waals surface area (Å²) < 4.78 is 0. The van der Waals surface area contributed by atoms with Crippen molar-refractivity contribution in [2.45, 2.75) is 37.8 Å². The van der Waals surface area contributed by atoms with E-state index in [0.717, 1.165) is 31.2 Å². The van der Waals surface area contributed by atoms with E-state index in [9.17, 15) is 9.90 Å². The number of hydrogen-bond donors (Lipinski definition) is 2. The van der Waals surface area contributed by atoms with Crippen molar-refractivity contribution in [2.75, 3.05) is 0 Å². The lowest BCUT2D eigenvalue weighted by atomic mass is 9.93. The predicted molar refractivity (Wildman–Crippen MR) is 81.9 cm³/mol. The number of carbonyl (C=O) groups is 1. The molecule has 0 bridgehead atoms. The van der Waals surface area contributed by atoms with Crippen molar-refractivity contribution >= 4 is 35.2 Å². The van der Waals surface area contributed by atoms with E-state index >= 15 is 0 Å². The molecule has 1 saturated carbocycles. The molecule has 1 fully saturated rings. The smallest absolute Gasteiger partial charge is 0.244 e. The number of rotatable bonds is 3. The predicted octanol–water partition coefficient (Wildman–Crippen LogP) is 3.43. The molecule has 0 unspecified atom stereocenters. The number of amides is 1. The van der Waals surface area contributed by atoms with Crippen LogP contribution in [0.15, 0.2) is 24.3 Å². The molecule has 0 spiro atoms. The SMILES string of the molecule is O=C(/C=C/c1ccc(Cl)cc1Cl)NC1CCC(O)CC1. The average molecular weight is 314 g/mol. The molecule has 1 aromatic rings. The van der Waals surface area contributed by atoms with Gasteiger partial charge in [-0.2, -0.15) is 0 Å². The molecular formula is C15H17Cl2NO2. The fourth-order valence-electron chi connectivity index (χ4n) is 2.27. The van der Waals surface area contributed by atoms with Gasteiger partial charge in [-0.3, -0.25) is 4.79 Å². The second kappa shape index (κ2) is 7.11. The van der Waals surface area contributed by atoms with Gasteiger partial charge in [-0.05, 0) is 49.5 Å². The van der Waals surface area contributed by atoms with Gasteiger partial charge in [-0.15, -0.1) is 0 Å². The van der Waals surface area contributed by atoms with Crippen molar-refractivity contribution in [2.24, 2.45) is 0 Å². The third-order valence-electron chi connectivity index (χ3n) is 3.42. The van der Waals surface area contributed by atoms with E-state index in [1.54, 1.807) is 24.3 Å². The summed E-state index contributed by atoms with van der Waals surface area (Å²) in [4.78, 5) is 11.8. The van der Waals surface area contributed by atoms with Crippen LogP contribution in [-0.2, 0) is 4.79 Å². The standard InChI is InChI=1S/C15H17Cl2NO2/c16-11-3-1-10(14(17)9-11)2-8-15(20)18-12-4-6-13(19)7-5-12/h1-3,8-9,12-13,19H,4-7H2,(H,18,20)/b8-2+. The van der Waals surface area contributed by atoms with E-state index in [4.69, 9.17) is 23.2 Å². The number of aliphatic hydroxyl groups excluding tert-OH is 1. The molecule has 108 valence electrons. The normalized spacial score (nSPS) is 22.9. The molecule has 0 aliphatic heterocycles. The van der Waals surface area contributed by atoms with E-state index in [-0.39, 0.29) is 18.1 Å². The summed E-state index contributed by atoms with van der Waals surface area (Å²) >= 11 is 11.8. The van der Waals surface area contributed by atoms with Crippen LogP contribution < -0.4 is 5.32 Å². The Morgan fingerprint density at radius 3 is 2.60 bits per heavy atom. The first-order chi connectivity index (χ1) is 9.54. The highest BCUT2D eigenvalue weighted by Crippen LogP contribution is 2.22. The Balaban J connectivity index is 1.89. The number of hydrogen-bond acceptors (Lipinski definition) is 2. The minimum atomic E-state index is -0.216. The zero-order valence-electron chi connectivity index (χ0n) is 11.0. The van der Waals surface area contributed by atoms with Crippen LogP contribution >= 0.6 is 23.2 Å². The van der Waals surface area contributed by atoms with E-state index in [2.05, 4.69) is 5.32 Å². The highest BCUT2D eigenvalue weighted by atomic mass is 35.5. The Kier molecular flexibility index (Phi) is 5.46. The highest BCUT2D eigenvalue weighted by Gasteiger charge is 2.19. The number of aliphatic hydroxyl groups is 1. The molecule has 2 rings (SSSR count). The fourth-order valence-corrected chi connectivity index (χ4v) is 2.74. The number of benzene rings is 1. The number of nitrogens with one attached hydrogen (secondary N) is 1. The maximum absolute atomic E-state index is 11.8. The lowest BCUT2D eigenvalue weighted by Gasteiger charge is -2.25. The summed E-state index contributed by atoms with van der Waals surface area (Å²) in [5, 5.41) is 13.4.